The lowest BCUT2D eigenvalue weighted by molar-refractivity contribution is 0.132. The van der Waals surface area contributed by atoms with Crippen LogP contribution in [0.4, 0.5) is 0 Å². The molecule has 11 heteroatoms. The number of pyridine rings is 1. The number of H-pyrrole nitrogens is 1. The van der Waals surface area contributed by atoms with E-state index in [1.165, 1.54) is 0 Å². The molecular weight excluding hydrogens is 472 g/mol. The normalized spacial score (nSPS) is 18.2. The van der Waals surface area contributed by atoms with Crippen molar-refractivity contribution in [2.45, 2.75) is 46.4 Å². The van der Waals surface area contributed by atoms with E-state index in [1.54, 1.807) is 14.0 Å². The molecule has 37 heavy (non-hydrogen) atoms. The van der Waals surface area contributed by atoms with E-state index in [4.69, 9.17) is 14.8 Å². The molecule has 196 valence electrons. The minimum absolute atomic E-state index is 0.0876. The van der Waals surface area contributed by atoms with Crippen LogP contribution in [-0.2, 0) is 20.6 Å². The van der Waals surface area contributed by atoms with Gasteiger partial charge in [0.15, 0.2) is 0 Å². The summed E-state index contributed by atoms with van der Waals surface area (Å²) in [6.07, 6.45) is 5.35. The SMILES string of the molecule is CCN1Cc2c(c(=O)[nH]n2[C@@H](C)CO)/C=C/c2nn(C)c3cnc(cc23)-c2c(C)nn(C)c2O[C@@H](C)C1. The second kappa shape index (κ2) is 9.64. The van der Waals surface area contributed by atoms with Crippen LogP contribution in [0, 0.1) is 6.92 Å². The van der Waals surface area contributed by atoms with Crippen LogP contribution in [0.1, 0.15) is 49.5 Å². The summed E-state index contributed by atoms with van der Waals surface area (Å²) in [6, 6.07) is 1.73. The molecule has 0 unspecified atom stereocenters. The Labute approximate surface area is 215 Å². The molecular formula is C26H34N8O3. The fourth-order valence-corrected chi connectivity index (χ4v) is 5.07. The largest absolute Gasteiger partial charge is 0.473 e. The molecule has 4 aromatic rings. The molecule has 0 aromatic carbocycles. The molecule has 2 N–H and O–H groups in total. The van der Waals surface area contributed by atoms with Crippen LogP contribution in [-0.4, -0.2) is 70.1 Å². The molecule has 0 radical (unpaired) electrons. The lowest BCUT2D eigenvalue weighted by Crippen LogP contribution is -2.35. The molecule has 0 amide bonds. The van der Waals surface area contributed by atoms with Gasteiger partial charge in [-0.1, -0.05) is 6.92 Å². The van der Waals surface area contributed by atoms with Crippen molar-refractivity contribution >= 4 is 23.1 Å². The van der Waals surface area contributed by atoms with Crippen LogP contribution in [0.2, 0.25) is 0 Å². The summed E-state index contributed by atoms with van der Waals surface area (Å²) in [4.78, 5) is 20.0. The smallest absolute Gasteiger partial charge is 0.271 e. The van der Waals surface area contributed by atoms with Crippen LogP contribution in [0.15, 0.2) is 17.1 Å². The van der Waals surface area contributed by atoms with Gasteiger partial charge >= 0.3 is 0 Å². The third kappa shape index (κ3) is 4.38. The quantitative estimate of drug-likeness (QED) is 0.438. The van der Waals surface area contributed by atoms with Gasteiger partial charge in [-0.05, 0) is 45.5 Å². The minimum atomic E-state index is -0.274. The van der Waals surface area contributed by atoms with E-state index >= 15 is 0 Å². The van der Waals surface area contributed by atoms with Crippen LogP contribution in [0.3, 0.4) is 0 Å². The molecule has 1 aliphatic heterocycles. The van der Waals surface area contributed by atoms with Crippen LogP contribution < -0.4 is 10.3 Å². The zero-order chi connectivity index (χ0) is 26.4. The predicted molar refractivity (Wildman–Crippen MR) is 142 cm³/mol. The first-order chi connectivity index (χ1) is 17.7. The molecule has 4 aromatic heterocycles. The summed E-state index contributed by atoms with van der Waals surface area (Å²) >= 11 is 0. The van der Waals surface area contributed by atoms with Gasteiger partial charge in [-0.25, -0.2) is 4.68 Å². The van der Waals surface area contributed by atoms with Crippen LogP contribution in [0.25, 0.3) is 34.3 Å². The Morgan fingerprint density at radius 1 is 1.24 bits per heavy atom. The molecule has 0 aliphatic carbocycles. The number of aromatic nitrogens is 7. The summed E-state index contributed by atoms with van der Waals surface area (Å²) in [5, 5.41) is 23.0. The van der Waals surface area contributed by atoms with E-state index in [0.717, 1.165) is 45.8 Å². The van der Waals surface area contributed by atoms with E-state index in [0.29, 0.717) is 24.5 Å². The molecule has 2 bridgehead atoms. The van der Waals surface area contributed by atoms with Crippen molar-refractivity contribution in [3.8, 4) is 17.1 Å². The molecule has 1 aliphatic rings. The highest BCUT2D eigenvalue weighted by atomic mass is 16.5. The van der Waals surface area contributed by atoms with Gasteiger partial charge in [-0.15, -0.1) is 0 Å². The Hall–Kier alpha value is -3.70. The highest BCUT2D eigenvalue weighted by Gasteiger charge is 2.24. The highest BCUT2D eigenvalue weighted by molar-refractivity contribution is 5.92. The number of nitrogens with zero attached hydrogens (tertiary/aromatic N) is 7. The van der Waals surface area contributed by atoms with Crippen molar-refractivity contribution in [1.82, 2.24) is 39.2 Å². The number of hydrogen-bond acceptors (Lipinski definition) is 7. The Kier molecular flexibility index (Phi) is 6.50. The number of ether oxygens (including phenoxy) is 1. The number of likely N-dealkylation sites (N-methyl/N-ethyl adjacent to an activating group) is 1. The summed E-state index contributed by atoms with van der Waals surface area (Å²) in [6.45, 7) is 9.76. The predicted octanol–water partition coefficient (Wildman–Crippen LogP) is 2.49. The van der Waals surface area contributed by atoms with E-state index in [1.807, 2.05) is 59.3 Å². The second-order valence-corrected chi connectivity index (χ2v) is 9.78. The molecule has 11 nitrogen and oxygen atoms in total. The van der Waals surface area contributed by atoms with Crippen molar-refractivity contribution in [3.05, 3.63) is 45.3 Å². The number of hydrogen-bond donors (Lipinski definition) is 2. The molecule has 0 fully saturated rings. The number of rotatable bonds is 3. The topological polar surface area (TPSA) is 119 Å². The Morgan fingerprint density at radius 2 is 2.03 bits per heavy atom. The van der Waals surface area contributed by atoms with Gasteiger partial charge in [-0.3, -0.25) is 29.1 Å². The average Bonchev–Trinajstić information content (AvgIpc) is 3.45. The fraction of sp³-hybridized carbons (Fsp3) is 0.462. The van der Waals surface area contributed by atoms with Gasteiger partial charge in [0.1, 0.15) is 6.10 Å². The van der Waals surface area contributed by atoms with Gasteiger partial charge in [0.05, 0.1) is 58.3 Å². The Morgan fingerprint density at radius 3 is 2.76 bits per heavy atom. The zero-order valence-corrected chi connectivity index (χ0v) is 22.2. The van der Waals surface area contributed by atoms with Crippen LogP contribution in [0.5, 0.6) is 5.88 Å². The van der Waals surface area contributed by atoms with Gasteiger partial charge in [0.2, 0.25) is 5.88 Å². The number of nitrogens with one attached hydrogen (secondary N) is 1. The molecule has 5 rings (SSSR count). The lowest BCUT2D eigenvalue weighted by atomic mass is 10.1. The minimum Gasteiger partial charge on any atom is -0.473 e. The Bertz CT molecular complexity index is 1540. The van der Waals surface area contributed by atoms with Gasteiger partial charge < -0.3 is 9.84 Å². The molecule has 0 spiro atoms. The molecule has 0 saturated carbocycles. The van der Waals surface area contributed by atoms with E-state index in [2.05, 4.69) is 22.0 Å². The maximum atomic E-state index is 13.1. The van der Waals surface area contributed by atoms with Gasteiger partial charge in [0, 0.05) is 32.6 Å². The first-order valence-corrected chi connectivity index (χ1v) is 12.6. The number of aromatic amines is 1. The lowest BCUT2D eigenvalue weighted by Gasteiger charge is -2.26. The van der Waals surface area contributed by atoms with Crippen molar-refractivity contribution in [2.24, 2.45) is 14.1 Å². The van der Waals surface area contributed by atoms with Gasteiger partial charge in [-0.2, -0.15) is 10.2 Å². The Balaban J connectivity index is 1.75. The monoisotopic (exact) mass is 506 g/mol. The van der Waals surface area contributed by atoms with Crippen LogP contribution >= 0.6 is 0 Å². The van der Waals surface area contributed by atoms with Crippen molar-refractivity contribution in [1.29, 1.82) is 0 Å². The molecule has 0 saturated heterocycles. The molecule has 2 atom stereocenters. The van der Waals surface area contributed by atoms with E-state index in [9.17, 15) is 9.90 Å². The summed E-state index contributed by atoms with van der Waals surface area (Å²) in [5.41, 5.74) is 5.22. The number of fused-ring (bicyclic) bond motifs is 4. The summed E-state index contributed by atoms with van der Waals surface area (Å²) in [5.74, 6) is 0.664. The maximum Gasteiger partial charge on any atom is 0.271 e. The van der Waals surface area contributed by atoms with Crippen molar-refractivity contribution in [3.63, 3.8) is 0 Å². The standard InChI is InChI=1S/C26H34N8O3/c1-7-33-12-16(3)37-26-24(17(4)28-32(26)6)21-10-19-20(29-31(5)22(19)11-27-21)9-8-18-23(13-33)34(15(2)14-35)30-25(18)36/h8-11,15-16,35H,7,12-14H2,1-6H3,(H,30,36)/b9-8+/t15-,16-/m0/s1. The van der Waals surface area contributed by atoms with Gasteiger partial charge in [0.25, 0.3) is 5.56 Å². The maximum absolute atomic E-state index is 13.1. The average molecular weight is 507 g/mol. The van der Waals surface area contributed by atoms with E-state index < -0.39 is 0 Å². The van der Waals surface area contributed by atoms with E-state index in [-0.39, 0.29) is 24.3 Å². The second-order valence-electron chi connectivity index (χ2n) is 9.78. The van der Waals surface area contributed by atoms with Crippen molar-refractivity contribution < 1.29 is 9.84 Å². The zero-order valence-electron chi connectivity index (χ0n) is 22.2. The summed E-state index contributed by atoms with van der Waals surface area (Å²) in [7, 11) is 3.75. The third-order valence-electron chi connectivity index (χ3n) is 7.02. The first kappa shape index (κ1) is 25.0. The fourth-order valence-electron chi connectivity index (χ4n) is 5.07. The van der Waals surface area contributed by atoms with Crippen molar-refractivity contribution in [2.75, 3.05) is 19.7 Å². The summed E-state index contributed by atoms with van der Waals surface area (Å²) < 4.78 is 11.8. The number of aliphatic hydroxyl groups excluding tert-OH is 1. The molecule has 5 heterocycles. The number of aliphatic hydroxyl groups is 1. The highest BCUT2D eigenvalue weighted by Crippen LogP contribution is 2.35. The number of aryl methyl sites for hydroxylation is 3. The third-order valence-corrected chi connectivity index (χ3v) is 7.02. The first-order valence-electron chi connectivity index (χ1n) is 12.6.